The maximum Gasteiger partial charge on any atom is 0.371 e. The van der Waals surface area contributed by atoms with Crippen LogP contribution >= 0.6 is 12.2 Å². The van der Waals surface area contributed by atoms with E-state index < -0.39 is 11.1 Å². The minimum atomic E-state index is -1.22. The van der Waals surface area contributed by atoms with Crippen LogP contribution in [0.15, 0.2) is 4.40 Å². The van der Waals surface area contributed by atoms with Crippen molar-refractivity contribution >= 4 is 28.5 Å². The third-order valence-electron chi connectivity index (χ3n) is 0.301. The number of nitrogens with zero attached hydrogens (tertiary/aromatic N) is 3. The fourth-order valence-electron chi connectivity index (χ4n) is 0.0985. The highest BCUT2D eigenvalue weighted by molar-refractivity contribution is 8.04. The van der Waals surface area contributed by atoms with E-state index in [1.54, 1.807) is 10.8 Å². The van der Waals surface area contributed by atoms with Crippen molar-refractivity contribution in [2.75, 3.05) is 0 Å². The maximum absolute atomic E-state index is 8.02. The predicted octanol–water partition coefficient (Wildman–Crippen LogP) is 0.585. The summed E-state index contributed by atoms with van der Waals surface area (Å²) in [6, 6.07) is 0. The predicted molar refractivity (Wildman–Crippen MR) is 33.6 cm³/mol. The number of hydrogen-bond acceptors (Lipinski definition) is 4. The van der Waals surface area contributed by atoms with Gasteiger partial charge in [-0.1, -0.05) is 0 Å². The van der Waals surface area contributed by atoms with Crippen molar-refractivity contribution < 1.29 is 0 Å². The third kappa shape index (κ3) is 2.33. The third-order valence-corrected chi connectivity index (χ3v) is 1.13. The lowest BCUT2D eigenvalue weighted by molar-refractivity contribution is 1.55. The van der Waals surface area contributed by atoms with Gasteiger partial charge in [-0.25, -0.2) is 0 Å². The van der Waals surface area contributed by atoms with Crippen LogP contribution in [0.1, 0.15) is 0 Å². The molecule has 0 aromatic carbocycles. The van der Waals surface area contributed by atoms with Crippen LogP contribution in [-0.4, -0.2) is 5.16 Å². The van der Waals surface area contributed by atoms with E-state index in [0.29, 0.717) is 0 Å². The highest BCUT2D eigenvalue weighted by Crippen LogP contribution is 1.88. The van der Waals surface area contributed by atoms with Crippen LogP contribution in [0.4, 0.5) is 0 Å². The molecule has 0 atom stereocenters. The Morgan fingerprint density at radius 1 is 1.38 bits per heavy atom. The van der Waals surface area contributed by atoms with Gasteiger partial charge in [0.1, 0.15) is 5.16 Å². The van der Waals surface area contributed by atoms with E-state index in [4.69, 9.17) is 10.5 Å². The first-order valence-electron chi connectivity index (χ1n) is 1.47. The van der Waals surface area contributed by atoms with E-state index in [2.05, 4.69) is 16.6 Å². The molecule has 0 N–H and O–H groups in total. The molecule has 0 aliphatic carbocycles. The second-order valence-electron chi connectivity index (χ2n) is 0.650. The second-order valence-corrected chi connectivity index (χ2v) is 1.95. The van der Waals surface area contributed by atoms with E-state index in [1.165, 1.54) is 0 Å². The van der Waals surface area contributed by atoms with Gasteiger partial charge in [-0.05, 0) is 12.2 Å². The molecule has 0 saturated heterocycles. The molecule has 0 unspecified atom stereocenters. The molecule has 0 fully saturated rings. The zero-order chi connectivity index (χ0) is 6.41. The summed E-state index contributed by atoms with van der Waals surface area (Å²) in [6.45, 7) is 0. The van der Waals surface area contributed by atoms with Gasteiger partial charge in [0.05, 0.1) is 0 Å². The van der Waals surface area contributed by atoms with Gasteiger partial charge in [0.15, 0.2) is 0 Å². The highest BCUT2D eigenvalue weighted by Gasteiger charge is 2.15. The van der Waals surface area contributed by atoms with Gasteiger partial charge in [-0.15, -0.1) is 10.5 Å². The summed E-state index contributed by atoms with van der Waals surface area (Å²) in [5.41, 5.74) is 0. The minimum Gasteiger partial charge on any atom is -0.132 e. The summed E-state index contributed by atoms with van der Waals surface area (Å²) in [7, 11) is 0. The fraction of sp³-hybridized carbons (Fsp3) is 0. The molecule has 0 aromatic rings. The molecule has 8 heavy (non-hydrogen) atoms. The van der Waals surface area contributed by atoms with E-state index in [0.717, 1.165) is 0 Å². The quantitative estimate of drug-likeness (QED) is 0.233. The van der Waals surface area contributed by atoms with Crippen LogP contribution in [0.3, 0.4) is 0 Å². The molecule has 0 spiro atoms. The van der Waals surface area contributed by atoms with E-state index >= 15 is 0 Å². The smallest absolute Gasteiger partial charge is 0.132 e. The Morgan fingerprint density at radius 2 is 1.88 bits per heavy atom. The van der Waals surface area contributed by atoms with Gasteiger partial charge >= 0.3 is 21.9 Å². The van der Waals surface area contributed by atoms with Crippen molar-refractivity contribution in [2.24, 2.45) is 4.40 Å². The van der Waals surface area contributed by atoms with E-state index in [-0.39, 0.29) is 0 Å². The summed E-state index contributed by atoms with van der Waals surface area (Å²) in [5, 5.41) is 21.2. The zero-order valence-electron chi connectivity index (χ0n) is 3.66. The Hall–Kier alpha value is -0.870. The first-order chi connectivity index (χ1) is 3.85. The van der Waals surface area contributed by atoms with Crippen molar-refractivity contribution in [3.63, 3.8) is 0 Å². The Balaban J connectivity index is 4.01. The van der Waals surface area contributed by atoms with Gasteiger partial charge in [-0.3, -0.25) is 0 Å². The molecule has 0 aromatic heterocycles. The largest absolute Gasteiger partial charge is 0.371 e. The molecule has 0 rings (SSSR count). The average molecular weight is 142 g/mol. The summed E-state index contributed by atoms with van der Waals surface area (Å²) >= 11 is 2.93. The molecule has 0 aliphatic heterocycles. The topological polar surface area (TPSA) is 59.9 Å². The zero-order valence-corrected chi connectivity index (χ0v) is 5.29. The highest BCUT2D eigenvalue weighted by atomic mass is 32.2. The summed E-state index contributed by atoms with van der Waals surface area (Å²) in [5.74, 6) is 0. The average Bonchev–Trinajstić information content (AvgIpc) is 1.83. The minimum absolute atomic E-state index is 1.22. The lowest BCUT2D eigenvalue weighted by Crippen LogP contribution is -1.83. The van der Waals surface area contributed by atoms with Crippen LogP contribution < -0.4 is 0 Å². The maximum atomic E-state index is 8.02. The van der Waals surface area contributed by atoms with Gasteiger partial charge in [0.25, 0.3) is 0 Å². The lowest BCUT2D eigenvalue weighted by Gasteiger charge is -1.58. The molecule has 0 aliphatic rings. The molecule has 0 heterocycles. The molecule has 0 amide bonds. The Labute approximate surface area is 54.7 Å². The summed E-state index contributed by atoms with van der Waals surface area (Å²) < 4.78 is 3.23. The van der Waals surface area contributed by atoms with Gasteiger partial charge in [0, 0.05) is 4.40 Å². The number of thiocarbonyl (C=S) groups is 1. The number of hydrogen-bond donors (Lipinski definition) is 0. The van der Waals surface area contributed by atoms with Crippen LogP contribution in [0.5, 0.6) is 0 Å². The van der Waals surface area contributed by atoms with Gasteiger partial charge < -0.3 is 0 Å². The molecular formula is C3N3S2+. The standard InChI is InChI=1S/C3N3S2/c4-1-8(2-5)6-3-7/q+1. The van der Waals surface area contributed by atoms with Crippen LogP contribution in [-0.2, 0) is 11.1 Å². The molecule has 38 valence electrons. The second kappa shape index (κ2) is 4.29. The van der Waals surface area contributed by atoms with Crippen LogP contribution in [0.25, 0.3) is 0 Å². The van der Waals surface area contributed by atoms with Crippen molar-refractivity contribution in [3.8, 4) is 10.8 Å². The Bertz CT molecular complexity index is 178. The molecular weight excluding hydrogens is 142 g/mol. The first-order valence-corrected chi connectivity index (χ1v) is 3.06. The van der Waals surface area contributed by atoms with E-state index in [9.17, 15) is 0 Å². The number of isothiocyanates is 1. The fourth-order valence-corrected chi connectivity index (χ4v) is 0.519. The Morgan fingerprint density at radius 3 is 2.00 bits per heavy atom. The van der Waals surface area contributed by atoms with Crippen LogP contribution in [0, 0.1) is 21.3 Å². The number of nitriles is 2. The molecule has 3 nitrogen and oxygen atoms in total. The van der Waals surface area contributed by atoms with E-state index in [1.807, 2.05) is 5.16 Å². The summed E-state index contributed by atoms with van der Waals surface area (Å²) in [4.78, 5) is 0. The van der Waals surface area contributed by atoms with Crippen molar-refractivity contribution in [1.82, 2.24) is 0 Å². The van der Waals surface area contributed by atoms with Crippen molar-refractivity contribution in [1.29, 1.82) is 10.5 Å². The lowest BCUT2D eigenvalue weighted by atomic mass is 11.7. The molecule has 0 saturated carbocycles. The van der Waals surface area contributed by atoms with Crippen molar-refractivity contribution in [3.05, 3.63) is 0 Å². The normalized spacial score (nSPS) is 6.38. The number of thiocyanates is 2. The molecule has 0 bridgehead atoms. The number of rotatable bonds is 1. The molecule has 0 radical (unpaired) electrons. The van der Waals surface area contributed by atoms with Crippen LogP contribution in [0.2, 0.25) is 0 Å². The SMILES string of the molecule is N#C[S+](C#N)N=C=S. The monoisotopic (exact) mass is 142 g/mol. The van der Waals surface area contributed by atoms with Gasteiger partial charge in [-0.2, -0.15) is 0 Å². The van der Waals surface area contributed by atoms with Gasteiger partial charge in [0.2, 0.25) is 0 Å². The van der Waals surface area contributed by atoms with Crippen molar-refractivity contribution in [2.45, 2.75) is 0 Å². The first kappa shape index (κ1) is 7.13. The molecule has 5 heteroatoms. The Kier molecular flexibility index (Phi) is 3.83. The summed E-state index contributed by atoms with van der Waals surface area (Å²) in [6.07, 6.45) is 0.